The number of likely N-dealkylation sites (N-methyl/N-ethyl adjacent to an activating group) is 1. The van der Waals surface area contributed by atoms with E-state index in [9.17, 15) is 13.2 Å². The lowest BCUT2D eigenvalue weighted by Gasteiger charge is -2.42. The van der Waals surface area contributed by atoms with Gasteiger partial charge in [0.05, 0.1) is 11.3 Å². The van der Waals surface area contributed by atoms with Gasteiger partial charge in [-0.2, -0.15) is 0 Å². The minimum Gasteiger partial charge on any atom is -0.341 e. The van der Waals surface area contributed by atoms with Crippen molar-refractivity contribution in [1.82, 2.24) is 14.1 Å². The van der Waals surface area contributed by atoms with Crippen LogP contribution in [0.15, 0.2) is 29.2 Å². The van der Waals surface area contributed by atoms with Gasteiger partial charge in [-0.1, -0.05) is 31.0 Å². The van der Waals surface area contributed by atoms with Crippen molar-refractivity contribution >= 4 is 15.9 Å². The van der Waals surface area contributed by atoms with E-state index in [1.54, 1.807) is 24.3 Å². The third kappa shape index (κ3) is 4.42. The molecule has 1 aliphatic heterocycles. The molecule has 0 aromatic heterocycles. The summed E-state index contributed by atoms with van der Waals surface area (Å²) in [6.07, 6.45) is 7.16. The number of benzene rings is 1. The van der Waals surface area contributed by atoms with Crippen LogP contribution < -0.4 is 0 Å². The summed E-state index contributed by atoms with van der Waals surface area (Å²) in [6, 6.07) is 7.50. The summed E-state index contributed by atoms with van der Waals surface area (Å²) < 4.78 is 26.5. The summed E-state index contributed by atoms with van der Waals surface area (Å²) in [7, 11) is 1.35. The van der Waals surface area contributed by atoms with Crippen molar-refractivity contribution in [3.05, 3.63) is 29.8 Å². The monoisotopic (exact) mass is 407 g/mol. The molecule has 1 aliphatic carbocycles. The van der Waals surface area contributed by atoms with Crippen molar-refractivity contribution in [2.24, 2.45) is 0 Å². The van der Waals surface area contributed by atoms with E-state index in [2.05, 4.69) is 4.90 Å². The third-order valence-electron chi connectivity index (χ3n) is 6.27. The van der Waals surface area contributed by atoms with Crippen LogP contribution in [0.25, 0.3) is 0 Å². The highest BCUT2D eigenvalue weighted by atomic mass is 32.2. The molecule has 2 aliphatic rings. The van der Waals surface area contributed by atoms with Crippen LogP contribution in [0.3, 0.4) is 0 Å². The maximum atomic E-state index is 13.1. The molecule has 0 radical (unpaired) electrons. The summed E-state index contributed by atoms with van der Waals surface area (Å²) in [5.74, 6) is -0.00231. The predicted molar refractivity (Wildman–Crippen MR) is 111 cm³/mol. The van der Waals surface area contributed by atoms with Gasteiger partial charge in [-0.25, -0.2) is 12.7 Å². The predicted octanol–water partition coefficient (Wildman–Crippen LogP) is 2.34. The minimum absolute atomic E-state index is 0.00231. The van der Waals surface area contributed by atoms with E-state index < -0.39 is 10.0 Å². The summed E-state index contributed by atoms with van der Waals surface area (Å²) in [6.45, 7) is 2.26. The van der Waals surface area contributed by atoms with Gasteiger partial charge in [0.25, 0.3) is 0 Å². The van der Waals surface area contributed by atoms with Crippen LogP contribution in [0.2, 0.25) is 0 Å². The number of carbonyl (C=O) groups excluding carboxylic acids is 1. The van der Waals surface area contributed by atoms with Gasteiger partial charge in [-0.15, -0.1) is 0 Å². The number of hydrogen-bond acceptors (Lipinski definition) is 4. The lowest BCUT2D eigenvalue weighted by atomic mass is 9.88. The Balaban J connectivity index is 1.77. The first-order chi connectivity index (χ1) is 13.3. The Morgan fingerprint density at radius 2 is 1.68 bits per heavy atom. The molecule has 1 aromatic carbocycles. The first-order valence-corrected chi connectivity index (χ1v) is 11.8. The average Bonchev–Trinajstić information content (AvgIpc) is 3.22. The number of amides is 1. The van der Waals surface area contributed by atoms with E-state index in [1.807, 2.05) is 11.9 Å². The number of sulfonamides is 1. The van der Waals surface area contributed by atoms with Gasteiger partial charge >= 0.3 is 0 Å². The Bertz CT molecular complexity index is 788. The van der Waals surface area contributed by atoms with E-state index in [0.29, 0.717) is 11.6 Å². The van der Waals surface area contributed by atoms with Crippen molar-refractivity contribution in [3.8, 4) is 0 Å². The van der Waals surface area contributed by atoms with E-state index in [1.165, 1.54) is 37.7 Å². The molecular formula is C21H33N3O3S. The summed E-state index contributed by atoms with van der Waals surface area (Å²) in [4.78, 5) is 17.8. The Kier molecular flexibility index (Phi) is 6.78. The second-order valence-corrected chi connectivity index (χ2v) is 10.4. The van der Waals surface area contributed by atoms with E-state index in [4.69, 9.17) is 0 Å². The first kappa shape index (κ1) is 21.3. The van der Waals surface area contributed by atoms with Gasteiger partial charge in [0.1, 0.15) is 0 Å². The minimum atomic E-state index is -3.57. The van der Waals surface area contributed by atoms with Gasteiger partial charge in [0.15, 0.2) is 0 Å². The first-order valence-electron chi connectivity index (χ1n) is 10.3. The Morgan fingerprint density at radius 1 is 1.04 bits per heavy atom. The molecule has 156 valence electrons. The van der Waals surface area contributed by atoms with Crippen LogP contribution in [-0.4, -0.2) is 74.7 Å². The molecule has 1 saturated carbocycles. The zero-order chi connectivity index (χ0) is 20.3. The second kappa shape index (κ2) is 8.93. The topological polar surface area (TPSA) is 60.9 Å². The summed E-state index contributed by atoms with van der Waals surface area (Å²) in [5.41, 5.74) is 0.571. The van der Waals surface area contributed by atoms with E-state index in [-0.39, 0.29) is 23.3 Å². The Hall–Kier alpha value is -1.44. The highest BCUT2D eigenvalue weighted by molar-refractivity contribution is 7.89. The molecule has 1 aromatic rings. The molecule has 2 atom stereocenters. The molecule has 0 unspecified atom stereocenters. The van der Waals surface area contributed by atoms with Crippen molar-refractivity contribution < 1.29 is 13.2 Å². The lowest BCUT2D eigenvalue weighted by Crippen LogP contribution is -2.53. The molecule has 0 spiro atoms. The van der Waals surface area contributed by atoms with Gasteiger partial charge in [0, 0.05) is 33.2 Å². The standard InChI is InChI=1S/C21H33N3O3S/c1-22(2)28(26,27)20-13-7-4-10-17(20)16-21(25)23(3)18-11-5-6-12-19(18)24-14-8-9-15-24/h4,7,10,13,18-19H,5-6,8-9,11-12,14-16H2,1-3H3/t18-,19-/m0/s1. The normalized spacial score (nSPS) is 23.9. The van der Waals surface area contributed by atoms with Crippen molar-refractivity contribution in [2.45, 2.75) is 61.9 Å². The third-order valence-corrected chi connectivity index (χ3v) is 8.18. The Labute approximate surface area is 169 Å². The zero-order valence-electron chi connectivity index (χ0n) is 17.3. The quantitative estimate of drug-likeness (QED) is 0.726. The maximum Gasteiger partial charge on any atom is 0.242 e. The fourth-order valence-electron chi connectivity index (χ4n) is 4.61. The number of likely N-dealkylation sites (tertiary alicyclic amines) is 1. The number of carbonyl (C=O) groups is 1. The SMILES string of the molecule is CN(C(=O)Cc1ccccc1S(=O)(=O)N(C)C)[C@H]1CCCC[C@@H]1N1CCCC1. The van der Waals surface area contributed by atoms with Gasteiger partial charge in [-0.05, 0) is 50.4 Å². The molecule has 1 heterocycles. The van der Waals surface area contributed by atoms with E-state index >= 15 is 0 Å². The Morgan fingerprint density at radius 3 is 2.36 bits per heavy atom. The summed E-state index contributed by atoms with van der Waals surface area (Å²) >= 11 is 0. The van der Waals surface area contributed by atoms with Gasteiger partial charge in [-0.3, -0.25) is 9.69 Å². The molecule has 7 heteroatoms. The number of nitrogens with zero attached hydrogens (tertiary/aromatic N) is 3. The summed E-state index contributed by atoms with van der Waals surface area (Å²) in [5, 5.41) is 0. The smallest absolute Gasteiger partial charge is 0.242 e. The largest absolute Gasteiger partial charge is 0.341 e. The van der Waals surface area contributed by atoms with Crippen LogP contribution in [0.1, 0.15) is 44.1 Å². The molecule has 1 amide bonds. The molecule has 1 saturated heterocycles. The van der Waals surface area contributed by atoms with Crippen LogP contribution >= 0.6 is 0 Å². The molecule has 0 bridgehead atoms. The molecule has 2 fully saturated rings. The average molecular weight is 408 g/mol. The fourth-order valence-corrected chi connectivity index (χ4v) is 5.73. The van der Waals surface area contributed by atoms with Crippen molar-refractivity contribution in [3.63, 3.8) is 0 Å². The second-order valence-electron chi connectivity index (χ2n) is 8.24. The maximum absolute atomic E-state index is 13.1. The number of rotatable bonds is 6. The lowest BCUT2D eigenvalue weighted by molar-refractivity contribution is -0.133. The van der Waals surface area contributed by atoms with Gasteiger partial charge < -0.3 is 4.90 Å². The highest BCUT2D eigenvalue weighted by Crippen LogP contribution is 2.29. The van der Waals surface area contributed by atoms with Crippen molar-refractivity contribution in [1.29, 1.82) is 0 Å². The molecule has 3 rings (SSSR count). The number of hydrogen-bond donors (Lipinski definition) is 0. The molecule has 6 nitrogen and oxygen atoms in total. The molecule has 28 heavy (non-hydrogen) atoms. The van der Waals surface area contributed by atoms with Crippen molar-refractivity contribution in [2.75, 3.05) is 34.2 Å². The van der Waals surface area contributed by atoms with Gasteiger partial charge in [0.2, 0.25) is 15.9 Å². The highest BCUT2D eigenvalue weighted by Gasteiger charge is 2.35. The van der Waals surface area contributed by atoms with Crippen LogP contribution in [0, 0.1) is 0 Å². The fraction of sp³-hybridized carbons (Fsp3) is 0.667. The van der Waals surface area contributed by atoms with Crippen LogP contribution in [-0.2, 0) is 21.2 Å². The zero-order valence-corrected chi connectivity index (χ0v) is 18.1. The molecular weight excluding hydrogens is 374 g/mol. The molecule has 0 N–H and O–H groups in total. The van der Waals surface area contributed by atoms with Crippen LogP contribution in [0.4, 0.5) is 0 Å². The van der Waals surface area contributed by atoms with Crippen LogP contribution in [0.5, 0.6) is 0 Å². The van der Waals surface area contributed by atoms with E-state index in [0.717, 1.165) is 32.4 Å².